The van der Waals surface area contributed by atoms with Crippen molar-refractivity contribution in [2.24, 2.45) is 0 Å². The van der Waals surface area contributed by atoms with Crippen molar-refractivity contribution >= 4 is 5.97 Å². The van der Waals surface area contributed by atoms with Crippen molar-refractivity contribution in [1.29, 1.82) is 0 Å². The second kappa shape index (κ2) is 4.42. The summed E-state index contributed by atoms with van der Waals surface area (Å²) < 4.78 is 9.85. The molecule has 0 aromatic rings. The molecule has 0 aromatic carbocycles. The van der Waals surface area contributed by atoms with Gasteiger partial charge in [-0.1, -0.05) is 0 Å². The molecular formula is C8H14O4. The van der Waals surface area contributed by atoms with E-state index >= 15 is 0 Å². The van der Waals surface area contributed by atoms with Crippen molar-refractivity contribution in [2.45, 2.75) is 32.0 Å². The van der Waals surface area contributed by atoms with E-state index in [-0.39, 0.29) is 12.6 Å². The number of carbonyl (C=O) groups excluding carboxylic acids is 1. The summed E-state index contributed by atoms with van der Waals surface area (Å²) >= 11 is 0. The van der Waals surface area contributed by atoms with Crippen LogP contribution < -0.4 is 0 Å². The van der Waals surface area contributed by atoms with Crippen LogP contribution in [0.4, 0.5) is 0 Å². The molecule has 0 aliphatic carbocycles. The molecule has 0 saturated carbocycles. The van der Waals surface area contributed by atoms with Gasteiger partial charge in [0.25, 0.3) is 0 Å². The van der Waals surface area contributed by atoms with Crippen LogP contribution in [0.3, 0.4) is 0 Å². The summed E-state index contributed by atoms with van der Waals surface area (Å²) in [5.74, 6) is -0.315. The Labute approximate surface area is 71.5 Å². The van der Waals surface area contributed by atoms with Crippen LogP contribution in [-0.2, 0) is 14.3 Å². The molecule has 12 heavy (non-hydrogen) atoms. The van der Waals surface area contributed by atoms with Gasteiger partial charge in [-0.3, -0.25) is 0 Å². The number of carbonyl (C=O) groups is 1. The van der Waals surface area contributed by atoms with Crippen LogP contribution in [0.5, 0.6) is 0 Å². The number of rotatable bonds is 2. The predicted molar refractivity (Wildman–Crippen MR) is 41.6 cm³/mol. The molecule has 0 aromatic heterocycles. The first kappa shape index (κ1) is 9.48. The third-order valence-corrected chi connectivity index (χ3v) is 1.80. The van der Waals surface area contributed by atoms with Gasteiger partial charge >= 0.3 is 5.97 Å². The molecule has 1 saturated heterocycles. The minimum absolute atomic E-state index is 0.240. The average molecular weight is 174 g/mol. The number of esters is 1. The number of aliphatic hydroxyl groups is 1. The number of aliphatic hydroxyl groups excluding tert-OH is 1. The molecule has 1 rings (SSSR count). The second-order valence-electron chi connectivity index (χ2n) is 2.81. The van der Waals surface area contributed by atoms with E-state index in [0.717, 1.165) is 0 Å². The van der Waals surface area contributed by atoms with Crippen molar-refractivity contribution in [2.75, 3.05) is 13.2 Å². The normalized spacial score (nSPS) is 29.8. The molecule has 1 aliphatic heterocycles. The van der Waals surface area contributed by atoms with Crippen LogP contribution in [0, 0.1) is 0 Å². The fraction of sp³-hybridized carbons (Fsp3) is 0.875. The van der Waals surface area contributed by atoms with Gasteiger partial charge in [0, 0.05) is 0 Å². The van der Waals surface area contributed by atoms with Crippen molar-refractivity contribution < 1.29 is 19.4 Å². The Morgan fingerprint density at radius 1 is 1.67 bits per heavy atom. The quantitative estimate of drug-likeness (QED) is 0.603. The number of hydrogen-bond donors (Lipinski definition) is 1. The van der Waals surface area contributed by atoms with E-state index in [1.165, 1.54) is 0 Å². The fourth-order valence-corrected chi connectivity index (χ4v) is 1.16. The lowest BCUT2D eigenvalue weighted by atomic mass is 10.1. The molecular weight excluding hydrogens is 160 g/mol. The molecule has 0 amide bonds. The predicted octanol–water partition coefficient (Wildman–Crippen LogP) is 0.0894. The van der Waals surface area contributed by atoms with Gasteiger partial charge in [-0.2, -0.15) is 0 Å². The third-order valence-electron chi connectivity index (χ3n) is 1.80. The van der Waals surface area contributed by atoms with Crippen LogP contribution in [0.25, 0.3) is 0 Å². The zero-order valence-corrected chi connectivity index (χ0v) is 7.16. The van der Waals surface area contributed by atoms with Gasteiger partial charge in [0.15, 0.2) is 6.10 Å². The largest absolute Gasteiger partial charge is 0.464 e. The minimum atomic E-state index is -0.464. The van der Waals surface area contributed by atoms with E-state index in [2.05, 4.69) is 0 Å². The van der Waals surface area contributed by atoms with Gasteiger partial charge in [-0.05, 0) is 19.8 Å². The highest BCUT2D eigenvalue weighted by Gasteiger charge is 2.26. The molecule has 0 radical (unpaired) electrons. The lowest BCUT2D eigenvalue weighted by Crippen LogP contribution is -2.35. The molecule has 1 aliphatic rings. The summed E-state index contributed by atoms with van der Waals surface area (Å²) in [6.07, 6.45) is 0.285. The number of hydrogen-bond acceptors (Lipinski definition) is 4. The fourth-order valence-electron chi connectivity index (χ4n) is 1.16. The van der Waals surface area contributed by atoms with Crippen LogP contribution in [0.2, 0.25) is 0 Å². The summed E-state index contributed by atoms with van der Waals surface area (Å²) in [4.78, 5) is 11.1. The second-order valence-corrected chi connectivity index (χ2v) is 2.81. The highest BCUT2D eigenvalue weighted by atomic mass is 16.6. The topological polar surface area (TPSA) is 55.8 Å². The van der Waals surface area contributed by atoms with Gasteiger partial charge < -0.3 is 14.6 Å². The van der Waals surface area contributed by atoms with Crippen LogP contribution in [-0.4, -0.2) is 36.5 Å². The molecule has 2 atom stereocenters. The first-order valence-electron chi connectivity index (χ1n) is 4.20. The molecule has 1 heterocycles. The molecule has 1 fully saturated rings. The molecule has 4 nitrogen and oxygen atoms in total. The van der Waals surface area contributed by atoms with E-state index < -0.39 is 12.2 Å². The maximum atomic E-state index is 11.1. The average Bonchev–Trinajstić information content (AvgIpc) is 2.06. The highest BCUT2D eigenvalue weighted by molar-refractivity contribution is 5.74. The monoisotopic (exact) mass is 174 g/mol. The van der Waals surface area contributed by atoms with Crippen molar-refractivity contribution in [3.63, 3.8) is 0 Å². The maximum absolute atomic E-state index is 11.1. The highest BCUT2D eigenvalue weighted by Crippen LogP contribution is 2.14. The Morgan fingerprint density at radius 3 is 2.92 bits per heavy atom. The summed E-state index contributed by atoms with van der Waals surface area (Å²) in [5.41, 5.74) is 0. The Balaban J connectivity index is 2.29. The molecule has 0 unspecified atom stereocenters. The van der Waals surface area contributed by atoms with Gasteiger partial charge in [0.1, 0.15) is 0 Å². The molecule has 0 bridgehead atoms. The molecule has 4 heteroatoms. The van der Waals surface area contributed by atoms with Crippen LogP contribution in [0.1, 0.15) is 19.8 Å². The van der Waals surface area contributed by atoms with Crippen molar-refractivity contribution in [1.82, 2.24) is 0 Å². The van der Waals surface area contributed by atoms with Gasteiger partial charge in [0.05, 0.1) is 19.3 Å². The lowest BCUT2D eigenvalue weighted by Gasteiger charge is -2.24. The Kier molecular flexibility index (Phi) is 3.49. The summed E-state index contributed by atoms with van der Waals surface area (Å²) in [7, 11) is 0. The minimum Gasteiger partial charge on any atom is -0.464 e. The molecule has 0 spiro atoms. The molecule has 1 N–H and O–H groups in total. The Hall–Kier alpha value is -0.610. The molecule has 70 valence electrons. The van der Waals surface area contributed by atoms with Gasteiger partial charge in [0.2, 0.25) is 0 Å². The van der Waals surface area contributed by atoms with Crippen molar-refractivity contribution in [3.05, 3.63) is 0 Å². The Bertz CT molecular complexity index is 149. The standard InChI is InChI=1S/C8H14O4/c1-2-11-8(10)7-4-3-6(9)5-12-7/h6-7,9H,2-5H2,1H3/t6-,7+/m0/s1. The van der Waals surface area contributed by atoms with E-state index in [1.54, 1.807) is 6.92 Å². The smallest absolute Gasteiger partial charge is 0.335 e. The maximum Gasteiger partial charge on any atom is 0.335 e. The van der Waals surface area contributed by atoms with E-state index in [4.69, 9.17) is 14.6 Å². The van der Waals surface area contributed by atoms with E-state index in [1.807, 2.05) is 0 Å². The van der Waals surface area contributed by atoms with Gasteiger partial charge in [-0.25, -0.2) is 4.79 Å². The zero-order chi connectivity index (χ0) is 8.97. The first-order valence-corrected chi connectivity index (χ1v) is 4.20. The summed E-state index contributed by atoms with van der Waals surface area (Å²) in [6, 6.07) is 0. The SMILES string of the molecule is CCOC(=O)[C@H]1CC[C@H](O)CO1. The summed E-state index contributed by atoms with van der Waals surface area (Å²) in [5, 5.41) is 9.06. The lowest BCUT2D eigenvalue weighted by molar-refractivity contribution is -0.163. The van der Waals surface area contributed by atoms with E-state index in [0.29, 0.717) is 19.4 Å². The van der Waals surface area contributed by atoms with Crippen molar-refractivity contribution in [3.8, 4) is 0 Å². The van der Waals surface area contributed by atoms with Crippen LogP contribution in [0.15, 0.2) is 0 Å². The first-order chi connectivity index (χ1) is 5.74. The number of ether oxygens (including phenoxy) is 2. The van der Waals surface area contributed by atoms with Crippen LogP contribution >= 0.6 is 0 Å². The Morgan fingerprint density at radius 2 is 2.42 bits per heavy atom. The van der Waals surface area contributed by atoms with E-state index in [9.17, 15) is 4.79 Å². The third kappa shape index (κ3) is 2.46. The summed E-state index contributed by atoms with van der Waals surface area (Å²) in [6.45, 7) is 2.38. The zero-order valence-electron chi connectivity index (χ0n) is 7.16. The van der Waals surface area contributed by atoms with Gasteiger partial charge in [-0.15, -0.1) is 0 Å².